The highest BCUT2D eigenvalue weighted by atomic mass is 32.1. The van der Waals surface area contributed by atoms with Gasteiger partial charge in [0.05, 0.1) is 18.7 Å². The molecule has 26 heavy (non-hydrogen) atoms. The van der Waals surface area contributed by atoms with Crippen molar-refractivity contribution >= 4 is 29.2 Å². The van der Waals surface area contributed by atoms with Crippen molar-refractivity contribution in [3.8, 4) is 16.5 Å². The van der Waals surface area contributed by atoms with Crippen LogP contribution in [-0.4, -0.2) is 29.3 Å². The van der Waals surface area contributed by atoms with Crippen molar-refractivity contribution in [2.75, 3.05) is 6.61 Å². The maximum Gasteiger partial charge on any atom is 0.418 e. The summed E-state index contributed by atoms with van der Waals surface area (Å²) in [6, 6.07) is 12.2. The van der Waals surface area contributed by atoms with Crippen LogP contribution in [0.5, 0.6) is 0 Å². The normalized spacial score (nSPS) is 19.7. The Labute approximate surface area is 155 Å². The first kappa shape index (κ1) is 17.8. The molecule has 0 saturated carbocycles. The summed E-state index contributed by atoms with van der Waals surface area (Å²) in [5.41, 5.74) is 2.05. The molecule has 0 saturated heterocycles. The maximum absolute atomic E-state index is 12.4. The Morgan fingerprint density at radius 2 is 2.19 bits per heavy atom. The fourth-order valence-corrected chi connectivity index (χ4v) is 3.70. The number of aliphatic imine (C=N–C) groups is 1. The van der Waals surface area contributed by atoms with Gasteiger partial charge in [-0.1, -0.05) is 24.3 Å². The molecule has 3 amide bonds. The lowest BCUT2D eigenvalue weighted by atomic mass is 9.87. The molecule has 0 N–H and O–H groups in total. The van der Waals surface area contributed by atoms with Gasteiger partial charge in [0.15, 0.2) is 0 Å². The molecule has 2 aromatic rings. The van der Waals surface area contributed by atoms with Gasteiger partial charge in [-0.25, -0.2) is 19.5 Å². The van der Waals surface area contributed by atoms with E-state index in [1.165, 1.54) is 0 Å². The average molecular weight is 367 g/mol. The maximum atomic E-state index is 12.4. The number of imide groups is 1. The average Bonchev–Trinajstić information content (AvgIpc) is 3.16. The van der Waals surface area contributed by atoms with Crippen LogP contribution in [0.1, 0.15) is 25.5 Å². The molecule has 6 nitrogen and oxygen atoms in total. The van der Waals surface area contributed by atoms with Gasteiger partial charge in [0, 0.05) is 10.6 Å². The number of amides is 3. The number of nitrogens with zero attached hydrogens (tertiary/aromatic N) is 3. The van der Waals surface area contributed by atoms with Crippen LogP contribution in [0.25, 0.3) is 10.4 Å². The number of ether oxygens (including phenoxy) is 1. The Kier molecular flexibility index (Phi) is 5.14. The summed E-state index contributed by atoms with van der Waals surface area (Å²) in [5.74, 6) is -0.726. The fourth-order valence-electron chi connectivity index (χ4n) is 2.98. The molecule has 3 rings (SSSR count). The number of carbonyl (C=O) groups is 2. The largest absolute Gasteiger partial charge is 0.449 e. The molecular formula is C19H17N3O3S. The summed E-state index contributed by atoms with van der Waals surface area (Å²) >= 11 is 1.59. The Hall–Kier alpha value is -2.98. The smallest absolute Gasteiger partial charge is 0.418 e. The van der Waals surface area contributed by atoms with Gasteiger partial charge in [-0.2, -0.15) is 5.26 Å². The predicted molar refractivity (Wildman–Crippen MR) is 99.0 cm³/mol. The summed E-state index contributed by atoms with van der Waals surface area (Å²) in [6.07, 6.45) is -0.791. The third-order valence-corrected chi connectivity index (χ3v) is 5.08. The van der Waals surface area contributed by atoms with Crippen molar-refractivity contribution in [3.63, 3.8) is 0 Å². The molecule has 2 atom stereocenters. The lowest BCUT2D eigenvalue weighted by Crippen LogP contribution is -2.46. The molecule has 0 aliphatic carbocycles. The molecule has 0 radical (unpaired) electrons. The molecule has 0 bridgehead atoms. The lowest BCUT2D eigenvalue weighted by Gasteiger charge is -2.34. The predicted octanol–water partition coefficient (Wildman–Crippen LogP) is 4.65. The minimum Gasteiger partial charge on any atom is -0.449 e. The first-order chi connectivity index (χ1) is 12.6. The Morgan fingerprint density at radius 1 is 1.38 bits per heavy atom. The van der Waals surface area contributed by atoms with Crippen molar-refractivity contribution in [1.29, 1.82) is 5.26 Å². The molecule has 1 aromatic heterocycles. The van der Waals surface area contributed by atoms with E-state index in [0.29, 0.717) is 11.3 Å². The van der Waals surface area contributed by atoms with Crippen molar-refractivity contribution in [2.45, 2.75) is 19.9 Å². The summed E-state index contributed by atoms with van der Waals surface area (Å²) in [6.45, 7) is 3.42. The number of hydrogen-bond acceptors (Lipinski definition) is 5. The number of thiophene rings is 1. The number of nitriles is 1. The quantitative estimate of drug-likeness (QED) is 0.790. The molecule has 0 fully saturated rings. The second-order valence-electron chi connectivity index (χ2n) is 5.76. The zero-order valence-electron chi connectivity index (χ0n) is 14.4. The second-order valence-corrected chi connectivity index (χ2v) is 6.71. The Balaban J connectivity index is 2.10. The van der Waals surface area contributed by atoms with Gasteiger partial charge < -0.3 is 4.74 Å². The number of carbonyl (C=O) groups excluding carboxylic acids is 2. The summed E-state index contributed by atoms with van der Waals surface area (Å²) in [5, 5.41) is 11.6. The van der Waals surface area contributed by atoms with E-state index >= 15 is 0 Å². The molecule has 0 spiro atoms. The van der Waals surface area contributed by atoms with Crippen LogP contribution in [0.2, 0.25) is 0 Å². The molecule has 2 unspecified atom stereocenters. The van der Waals surface area contributed by atoms with Gasteiger partial charge >= 0.3 is 12.1 Å². The highest BCUT2D eigenvalue weighted by Crippen LogP contribution is 2.36. The van der Waals surface area contributed by atoms with Crippen molar-refractivity contribution in [3.05, 3.63) is 47.3 Å². The van der Waals surface area contributed by atoms with E-state index in [4.69, 9.17) is 4.74 Å². The summed E-state index contributed by atoms with van der Waals surface area (Å²) < 4.78 is 5.02. The second kappa shape index (κ2) is 7.50. The van der Waals surface area contributed by atoms with Crippen LogP contribution >= 0.6 is 11.3 Å². The summed E-state index contributed by atoms with van der Waals surface area (Å²) in [7, 11) is 0. The van der Waals surface area contributed by atoms with E-state index in [9.17, 15) is 14.9 Å². The molecule has 7 heteroatoms. The van der Waals surface area contributed by atoms with Gasteiger partial charge in [-0.15, -0.1) is 11.3 Å². The Bertz CT molecular complexity index is 899. The van der Waals surface area contributed by atoms with Crippen molar-refractivity contribution in [1.82, 2.24) is 4.90 Å². The zero-order chi connectivity index (χ0) is 18.7. The minimum absolute atomic E-state index is 0.129. The van der Waals surface area contributed by atoms with Crippen LogP contribution in [0, 0.1) is 17.2 Å². The fraction of sp³-hybridized carbons (Fsp3) is 0.263. The zero-order valence-corrected chi connectivity index (χ0v) is 15.2. The van der Waals surface area contributed by atoms with Crippen molar-refractivity contribution in [2.24, 2.45) is 10.9 Å². The topological polar surface area (TPSA) is 82.8 Å². The molecule has 1 aliphatic heterocycles. The van der Waals surface area contributed by atoms with Crippen LogP contribution in [-0.2, 0) is 4.74 Å². The van der Waals surface area contributed by atoms with Crippen molar-refractivity contribution < 1.29 is 14.3 Å². The van der Waals surface area contributed by atoms with E-state index < -0.39 is 24.1 Å². The van der Waals surface area contributed by atoms with Crippen LogP contribution in [0.3, 0.4) is 0 Å². The highest BCUT2D eigenvalue weighted by Gasteiger charge is 2.42. The van der Waals surface area contributed by atoms with Gasteiger partial charge in [0.25, 0.3) is 0 Å². The van der Waals surface area contributed by atoms with Gasteiger partial charge in [-0.3, -0.25) is 0 Å². The molecule has 2 heterocycles. The standard InChI is InChI=1S/C19H17N3O3S/c1-3-25-19(24)22-17(15(11-20)12(2)21-18(22)23)14-7-4-6-13(10-14)16-8-5-9-26-16/h4-10,15,17H,3H2,1-2H3. The third-order valence-electron chi connectivity index (χ3n) is 4.16. The van der Waals surface area contributed by atoms with Gasteiger partial charge in [0.2, 0.25) is 0 Å². The minimum atomic E-state index is -0.791. The summed E-state index contributed by atoms with van der Waals surface area (Å²) in [4.78, 5) is 30.6. The van der Waals surface area contributed by atoms with E-state index in [1.54, 1.807) is 25.2 Å². The Morgan fingerprint density at radius 3 is 2.85 bits per heavy atom. The molecular weight excluding hydrogens is 350 g/mol. The molecule has 132 valence electrons. The number of benzene rings is 1. The lowest BCUT2D eigenvalue weighted by molar-refractivity contribution is 0.0982. The highest BCUT2D eigenvalue weighted by molar-refractivity contribution is 7.13. The number of urea groups is 1. The van der Waals surface area contributed by atoms with Gasteiger partial charge in [0.1, 0.15) is 5.92 Å². The molecule has 1 aromatic carbocycles. The van der Waals surface area contributed by atoms with E-state index in [0.717, 1.165) is 15.3 Å². The van der Waals surface area contributed by atoms with E-state index in [-0.39, 0.29) is 6.61 Å². The van der Waals surface area contributed by atoms with E-state index in [1.807, 2.05) is 41.8 Å². The third kappa shape index (κ3) is 3.24. The van der Waals surface area contributed by atoms with Crippen LogP contribution in [0.4, 0.5) is 9.59 Å². The van der Waals surface area contributed by atoms with Gasteiger partial charge in [-0.05, 0) is 42.5 Å². The molecule has 1 aliphatic rings. The first-order valence-corrected chi connectivity index (χ1v) is 9.03. The number of rotatable bonds is 3. The van der Waals surface area contributed by atoms with Crippen LogP contribution < -0.4 is 0 Å². The first-order valence-electron chi connectivity index (χ1n) is 8.15. The SMILES string of the molecule is CCOC(=O)N1C(=O)N=C(C)C(C#N)C1c1cccc(-c2cccs2)c1. The number of hydrogen-bond donors (Lipinski definition) is 0. The monoisotopic (exact) mass is 367 g/mol. The van der Waals surface area contributed by atoms with E-state index in [2.05, 4.69) is 11.1 Å². The van der Waals surface area contributed by atoms with Crippen LogP contribution in [0.15, 0.2) is 46.8 Å².